The van der Waals surface area contributed by atoms with Crippen molar-refractivity contribution < 1.29 is 9.84 Å². The molecule has 3 nitrogen and oxygen atoms in total. The van der Waals surface area contributed by atoms with Crippen molar-refractivity contribution in [2.75, 3.05) is 13.2 Å². The Hall–Kier alpha value is -0.100. The van der Waals surface area contributed by atoms with Gasteiger partial charge in [-0.1, -0.05) is 0 Å². The Labute approximate surface area is 118 Å². The molecule has 2 N–H and O–H groups in total. The SMILES string of the molecule is CC1(NCc2cc(Br)c(O)c(Br)c2)CCOC1. The minimum Gasteiger partial charge on any atom is -0.506 e. The van der Waals surface area contributed by atoms with Crippen LogP contribution < -0.4 is 5.32 Å². The lowest BCUT2D eigenvalue weighted by Crippen LogP contribution is -2.42. The summed E-state index contributed by atoms with van der Waals surface area (Å²) in [6, 6.07) is 3.85. The van der Waals surface area contributed by atoms with E-state index in [0.717, 1.165) is 31.7 Å². The minimum atomic E-state index is 0.0663. The fourth-order valence-electron chi connectivity index (χ4n) is 1.84. The van der Waals surface area contributed by atoms with Crippen LogP contribution >= 0.6 is 31.9 Å². The summed E-state index contributed by atoms with van der Waals surface area (Å²) in [5, 5.41) is 13.1. The van der Waals surface area contributed by atoms with E-state index in [1.165, 1.54) is 0 Å². The zero-order valence-corrected chi connectivity index (χ0v) is 12.8. The van der Waals surface area contributed by atoms with Crippen LogP contribution in [-0.2, 0) is 11.3 Å². The van der Waals surface area contributed by atoms with E-state index in [1.54, 1.807) is 0 Å². The average molecular weight is 365 g/mol. The highest BCUT2D eigenvalue weighted by Gasteiger charge is 2.28. The maximum Gasteiger partial charge on any atom is 0.143 e. The van der Waals surface area contributed by atoms with E-state index < -0.39 is 0 Å². The van der Waals surface area contributed by atoms with Gasteiger partial charge in [0.05, 0.1) is 15.6 Å². The first-order valence-corrected chi connectivity index (χ1v) is 7.08. The van der Waals surface area contributed by atoms with E-state index in [-0.39, 0.29) is 11.3 Å². The summed E-state index contributed by atoms with van der Waals surface area (Å²) in [5.41, 5.74) is 1.19. The Morgan fingerprint density at radius 2 is 2.06 bits per heavy atom. The largest absolute Gasteiger partial charge is 0.506 e. The second-order valence-electron chi connectivity index (χ2n) is 4.62. The van der Waals surface area contributed by atoms with Gasteiger partial charge in [-0.2, -0.15) is 0 Å². The highest BCUT2D eigenvalue weighted by atomic mass is 79.9. The van der Waals surface area contributed by atoms with Crippen molar-refractivity contribution >= 4 is 31.9 Å². The van der Waals surface area contributed by atoms with Gasteiger partial charge in [-0.3, -0.25) is 0 Å². The number of ether oxygens (including phenoxy) is 1. The molecule has 1 aromatic rings. The zero-order valence-electron chi connectivity index (χ0n) is 9.59. The predicted octanol–water partition coefficient (Wildman–Crippen LogP) is 3.19. The van der Waals surface area contributed by atoms with Crippen molar-refractivity contribution in [1.82, 2.24) is 5.32 Å². The normalized spacial score (nSPS) is 24.2. The minimum absolute atomic E-state index is 0.0663. The van der Waals surface area contributed by atoms with E-state index in [9.17, 15) is 5.11 Å². The molecule has 1 aliphatic rings. The maximum absolute atomic E-state index is 9.63. The molecule has 1 atom stereocenters. The molecule has 0 spiro atoms. The Balaban J connectivity index is 2.04. The molecule has 0 aromatic heterocycles. The number of hydrogen-bond donors (Lipinski definition) is 2. The number of nitrogens with one attached hydrogen (secondary N) is 1. The van der Waals surface area contributed by atoms with Crippen LogP contribution in [0.15, 0.2) is 21.1 Å². The lowest BCUT2D eigenvalue weighted by molar-refractivity contribution is 0.171. The quantitative estimate of drug-likeness (QED) is 0.865. The molecule has 5 heteroatoms. The Morgan fingerprint density at radius 1 is 1.41 bits per heavy atom. The number of aromatic hydroxyl groups is 1. The Kier molecular flexibility index (Phi) is 4.13. The van der Waals surface area contributed by atoms with E-state index in [2.05, 4.69) is 44.1 Å². The molecule has 1 aromatic carbocycles. The van der Waals surface area contributed by atoms with Crippen LogP contribution in [0.3, 0.4) is 0 Å². The molecular weight excluding hydrogens is 350 g/mol. The van der Waals surface area contributed by atoms with E-state index >= 15 is 0 Å². The number of halogens is 2. The van der Waals surface area contributed by atoms with Gasteiger partial charge in [-0.15, -0.1) is 0 Å². The van der Waals surface area contributed by atoms with Crippen LogP contribution in [0.5, 0.6) is 5.75 Å². The van der Waals surface area contributed by atoms with Gasteiger partial charge in [-0.05, 0) is 62.9 Å². The summed E-state index contributed by atoms with van der Waals surface area (Å²) in [6.07, 6.45) is 1.04. The zero-order chi connectivity index (χ0) is 12.5. The highest BCUT2D eigenvalue weighted by molar-refractivity contribution is 9.11. The van der Waals surface area contributed by atoms with Crippen molar-refractivity contribution in [1.29, 1.82) is 0 Å². The van der Waals surface area contributed by atoms with Crippen molar-refractivity contribution in [2.24, 2.45) is 0 Å². The number of benzene rings is 1. The van der Waals surface area contributed by atoms with Gasteiger partial charge in [0.2, 0.25) is 0 Å². The highest BCUT2D eigenvalue weighted by Crippen LogP contribution is 2.33. The Bertz CT molecular complexity index is 394. The molecular formula is C12H15Br2NO2. The second-order valence-corrected chi connectivity index (χ2v) is 6.33. The predicted molar refractivity (Wildman–Crippen MR) is 74.2 cm³/mol. The molecule has 1 fully saturated rings. The first-order valence-electron chi connectivity index (χ1n) is 5.50. The number of rotatable bonds is 3. The first-order chi connectivity index (χ1) is 8.00. The van der Waals surface area contributed by atoms with Gasteiger partial charge in [0, 0.05) is 18.7 Å². The molecule has 1 saturated heterocycles. The first kappa shape index (κ1) is 13.3. The van der Waals surface area contributed by atoms with Gasteiger partial charge >= 0.3 is 0 Å². The molecule has 1 heterocycles. The average Bonchev–Trinajstić information content (AvgIpc) is 2.71. The standard InChI is InChI=1S/C12H15Br2NO2/c1-12(2-3-17-7-12)15-6-8-4-9(13)11(16)10(14)5-8/h4-5,15-16H,2-3,6-7H2,1H3. The molecule has 0 aliphatic carbocycles. The van der Waals surface area contributed by atoms with Crippen LogP contribution in [0, 0.1) is 0 Å². The molecule has 0 bridgehead atoms. The molecule has 1 aliphatic heterocycles. The number of hydrogen-bond acceptors (Lipinski definition) is 3. The molecule has 94 valence electrons. The third-order valence-electron chi connectivity index (χ3n) is 3.01. The summed E-state index contributed by atoms with van der Waals surface area (Å²) in [5.74, 6) is 0.240. The third-order valence-corrected chi connectivity index (χ3v) is 4.22. The summed E-state index contributed by atoms with van der Waals surface area (Å²) in [4.78, 5) is 0. The molecule has 17 heavy (non-hydrogen) atoms. The van der Waals surface area contributed by atoms with Gasteiger partial charge in [-0.25, -0.2) is 0 Å². The van der Waals surface area contributed by atoms with Crippen LogP contribution in [0.4, 0.5) is 0 Å². The van der Waals surface area contributed by atoms with Gasteiger partial charge in [0.25, 0.3) is 0 Å². The lowest BCUT2D eigenvalue weighted by atomic mass is 10.0. The van der Waals surface area contributed by atoms with Crippen molar-refractivity contribution in [3.8, 4) is 5.75 Å². The van der Waals surface area contributed by atoms with E-state index in [1.807, 2.05) is 12.1 Å². The topological polar surface area (TPSA) is 41.5 Å². The van der Waals surface area contributed by atoms with Gasteiger partial charge in [0.1, 0.15) is 5.75 Å². The molecule has 0 radical (unpaired) electrons. The van der Waals surface area contributed by atoms with Crippen LogP contribution in [0.1, 0.15) is 18.9 Å². The molecule has 0 amide bonds. The van der Waals surface area contributed by atoms with Crippen molar-refractivity contribution in [2.45, 2.75) is 25.4 Å². The van der Waals surface area contributed by atoms with Crippen LogP contribution in [0.2, 0.25) is 0 Å². The maximum atomic E-state index is 9.63. The summed E-state index contributed by atoms with van der Waals surface area (Å²) in [7, 11) is 0. The monoisotopic (exact) mass is 363 g/mol. The molecule has 0 saturated carbocycles. The summed E-state index contributed by atoms with van der Waals surface area (Å²) >= 11 is 6.66. The molecule has 1 unspecified atom stereocenters. The summed E-state index contributed by atoms with van der Waals surface area (Å²) < 4.78 is 6.80. The van der Waals surface area contributed by atoms with Crippen LogP contribution in [-0.4, -0.2) is 23.9 Å². The fraction of sp³-hybridized carbons (Fsp3) is 0.500. The van der Waals surface area contributed by atoms with Crippen molar-refractivity contribution in [3.05, 3.63) is 26.6 Å². The van der Waals surface area contributed by atoms with E-state index in [4.69, 9.17) is 4.74 Å². The number of phenols is 1. The van der Waals surface area contributed by atoms with Crippen molar-refractivity contribution in [3.63, 3.8) is 0 Å². The number of phenolic OH excluding ortho intramolecular Hbond substituents is 1. The molecule has 2 rings (SSSR count). The fourth-order valence-corrected chi connectivity index (χ4v) is 3.12. The lowest BCUT2D eigenvalue weighted by Gasteiger charge is -2.23. The van der Waals surface area contributed by atoms with Crippen LogP contribution in [0.25, 0.3) is 0 Å². The Morgan fingerprint density at radius 3 is 2.59 bits per heavy atom. The second kappa shape index (κ2) is 5.26. The smallest absolute Gasteiger partial charge is 0.143 e. The van der Waals surface area contributed by atoms with Gasteiger partial charge < -0.3 is 15.2 Å². The third kappa shape index (κ3) is 3.22. The summed E-state index contributed by atoms with van der Waals surface area (Å²) in [6.45, 7) is 4.52. The van der Waals surface area contributed by atoms with E-state index in [0.29, 0.717) is 8.95 Å². The van der Waals surface area contributed by atoms with Gasteiger partial charge in [0.15, 0.2) is 0 Å².